The Morgan fingerprint density at radius 2 is 2.25 bits per heavy atom. The average molecular weight is 228 g/mol. The standard InChI is InChI=1S/C9H16N4O3/c1-9(2,3)7-6(16-8(10)14)5(4-15-7)12-13-11/h5-7H,4H2,1-3H3,(H2,10,14). The molecule has 3 unspecified atom stereocenters. The first-order valence-corrected chi connectivity index (χ1v) is 4.98. The van der Waals surface area contributed by atoms with Crippen LogP contribution in [0.3, 0.4) is 0 Å². The maximum atomic E-state index is 10.8. The predicted molar refractivity (Wildman–Crippen MR) is 56.6 cm³/mol. The third-order valence-corrected chi connectivity index (χ3v) is 2.43. The van der Waals surface area contributed by atoms with Gasteiger partial charge in [-0.1, -0.05) is 25.9 Å². The Morgan fingerprint density at radius 3 is 2.69 bits per heavy atom. The van der Waals surface area contributed by atoms with Crippen LogP contribution in [0.1, 0.15) is 20.8 Å². The van der Waals surface area contributed by atoms with Crippen molar-refractivity contribution in [3.05, 3.63) is 10.4 Å². The number of nitrogens with zero attached hydrogens (tertiary/aromatic N) is 3. The number of carbonyl (C=O) groups is 1. The van der Waals surface area contributed by atoms with Gasteiger partial charge >= 0.3 is 6.09 Å². The van der Waals surface area contributed by atoms with Crippen molar-refractivity contribution in [3.8, 4) is 0 Å². The number of amides is 1. The maximum Gasteiger partial charge on any atom is 0.404 e. The first-order chi connectivity index (χ1) is 7.36. The van der Waals surface area contributed by atoms with Crippen molar-refractivity contribution in [1.82, 2.24) is 0 Å². The zero-order chi connectivity index (χ0) is 12.3. The quantitative estimate of drug-likeness (QED) is 0.440. The van der Waals surface area contributed by atoms with E-state index in [1.807, 2.05) is 20.8 Å². The highest BCUT2D eigenvalue weighted by Crippen LogP contribution is 2.33. The molecule has 1 saturated heterocycles. The highest BCUT2D eigenvalue weighted by atomic mass is 16.6. The number of hydrogen-bond donors (Lipinski definition) is 1. The molecule has 0 aliphatic carbocycles. The van der Waals surface area contributed by atoms with E-state index in [-0.39, 0.29) is 18.1 Å². The van der Waals surface area contributed by atoms with E-state index in [0.29, 0.717) is 0 Å². The van der Waals surface area contributed by atoms with E-state index in [4.69, 9.17) is 20.7 Å². The summed E-state index contributed by atoms with van der Waals surface area (Å²) in [6, 6.07) is -0.512. The second-order valence-corrected chi connectivity index (χ2v) is 4.79. The zero-order valence-corrected chi connectivity index (χ0v) is 9.58. The molecule has 7 nitrogen and oxygen atoms in total. The van der Waals surface area contributed by atoms with Gasteiger partial charge in [0.1, 0.15) is 12.1 Å². The second kappa shape index (κ2) is 4.59. The van der Waals surface area contributed by atoms with Crippen LogP contribution < -0.4 is 5.73 Å². The molecule has 0 saturated carbocycles. The lowest BCUT2D eigenvalue weighted by Crippen LogP contribution is -2.42. The van der Waals surface area contributed by atoms with Crippen molar-refractivity contribution in [2.75, 3.05) is 6.61 Å². The molecule has 0 spiro atoms. The van der Waals surface area contributed by atoms with Crippen LogP contribution in [0, 0.1) is 5.41 Å². The van der Waals surface area contributed by atoms with Gasteiger partial charge in [-0.05, 0) is 10.9 Å². The van der Waals surface area contributed by atoms with E-state index < -0.39 is 18.2 Å². The monoisotopic (exact) mass is 228 g/mol. The Balaban J connectivity index is 2.87. The van der Waals surface area contributed by atoms with Gasteiger partial charge in [0.05, 0.1) is 12.7 Å². The molecule has 90 valence electrons. The van der Waals surface area contributed by atoms with Crippen LogP contribution in [0.2, 0.25) is 0 Å². The van der Waals surface area contributed by atoms with Crippen molar-refractivity contribution >= 4 is 6.09 Å². The minimum atomic E-state index is -0.886. The van der Waals surface area contributed by atoms with Gasteiger partial charge in [-0.2, -0.15) is 0 Å². The molecule has 3 atom stereocenters. The van der Waals surface area contributed by atoms with E-state index in [9.17, 15) is 4.79 Å². The lowest BCUT2D eigenvalue weighted by Gasteiger charge is -2.30. The van der Waals surface area contributed by atoms with Crippen LogP contribution in [0.15, 0.2) is 5.11 Å². The molecular weight excluding hydrogens is 212 g/mol. The van der Waals surface area contributed by atoms with Gasteiger partial charge in [-0.15, -0.1) is 0 Å². The summed E-state index contributed by atoms with van der Waals surface area (Å²) in [7, 11) is 0. The summed E-state index contributed by atoms with van der Waals surface area (Å²) in [5.74, 6) is 0. The highest BCUT2D eigenvalue weighted by Gasteiger charge is 2.45. The first-order valence-electron chi connectivity index (χ1n) is 4.98. The summed E-state index contributed by atoms with van der Waals surface area (Å²) in [5, 5.41) is 3.54. The molecule has 0 radical (unpaired) electrons. The zero-order valence-electron chi connectivity index (χ0n) is 9.58. The fraction of sp³-hybridized carbons (Fsp3) is 0.889. The molecule has 2 N–H and O–H groups in total. The largest absolute Gasteiger partial charge is 0.443 e. The van der Waals surface area contributed by atoms with Gasteiger partial charge in [0.2, 0.25) is 0 Å². The summed E-state index contributed by atoms with van der Waals surface area (Å²) in [6.45, 7) is 6.10. The fourth-order valence-corrected chi connectivity index (χ4v) is 1.78. The minimum Gasteiger partial charge on any atom is -0.443 e. The second-order valence-electron chi connectivity index (χ2n) is 4.79. The number of nitrogens with two attached hydrogens (primary N) is 1. The van der Waals surface area contributed by atoms with E-state index >= 15 is 0 Å². The molecule has 0 aromatic rings. The summed E-state index contributed by atoms with van der Waals surface area (Å²) < 4.78 is 10.5. The van der Waals surface area contributed by atoms with Gasteiger partial charge in [-0.3, -0.25) is 0 Å². The van der Waals surface area contributed by atoms with Gasteiger partial charge in [0.15, 0.2) is 0 Å². The van der Waals surface area contributed by atoms with Crippen LogP contribution in [0.5, 0.6) is 0 Å². The van der Waals surface area contributed by atoms with Crippen LogP contribution in [0.4, 0.5) is 4.79 Å². The minimum absolute atomic E-state index is 0.222. The van der Waals surface area contributed by atoms with E-state index in [2.05, 4.69) is 10.0 Å². The van der Waals surface area contributed by atoms with Gasteiger partial charge in [0, 0.05) is 4.91 Å². The normalized spacial score (nSPS) is 29.6. The number of carbonyl (C=O) groups excluding carboxylic acids is 1. The number of ether oxygens (including phenoxy) is 2. The first kappa shape index (κ1) is 12.6. The average Bonchev–Trinajstić information content (AvgIpc) is 2.47. The smallest absolute Gasteiger partial charge is 0.404 e. The van der Waals surface area contributed by atoms with Crippen molar-refractivity contribution in [3.63, 3.8) is 0 Å². The molecule has 16 heavy (non-hydrogen) atoms. The third kappa shape index (κ3) is 2.77. The topological polar surface area (TPSA) is 110 Å². The summed E-state index contributed by atoms with van der Waals surface area (Å²) in [6.07, 6.45) is -1.83. The number of rotatable bonds is 2. The van der Waals surface area contributed by atoms with Crippen molar-refractivity contribution < 1.29 is 14.3 Å². The Hall–Kier alpha value is -1.46. The Labute approximate surface area is 93.5 Å². The molecule has 1 aliphatic rings. The summed E-state index contributed by atoms with van der Waals surface area (Å²) >= 11 is 0. The number of primary amides is 1. The highest BCUT2D eigenvalue weighted by molar-refractivity contribution is 5.65. The lowest BCUT2D eigenvalue weighted by molar-refractivity contribution is -0.0323. The molecule has 1 heterocycles. The SMILES string of the molecule is CC(C)(C)C1OCC(N=[N+]=[N-])C1OC(N)=O. The fourth-order valence-electron chi connectivity index (χ4n) is 1.78. The Bertz CT molecular complexity index is 319. The van der Waals surface area contributed by atoms with Crippen LogP contribution in [0.25, 0.3) is 10.4 Å². The Kier molecular flexibility index (Phi) is 3.62. The molecule has 0 aromatic heterocycles. The molecular formula is C9H16N4O3. The van der Waals surface area contributed by atoms with Crippen molar-refractivity contribution in [2.45, 2.75) is 39.0 Å². The summed E-state index contributed by atoms with van der Waals surface area (Å²) in [5.41, 5.74) is 13.2. The molecule has 1 amide bonds. The van der Waals surface area contributed by atoms with Gasteiger partial charge in [0.25, 0.3) is 0 Å². The predicted octanol–water partition coefficient (Wildman–Crippen LogP) is 1.57. The van der Waals surface area contributed by atoms with E-state index in [1.165, 1.54) is 0 Å². The van der Waals surface area contributed by atoms with Crippen LogP contribution in [-0.2, 0) is 9.47 Å². The van der Waals surface area contributed by atoms with Gasteiger partial charge in [-0.25, -0.2) is 4.79 Å². The van der Waals surface area contributed by atoms with E-state index in [0.717, 1.165) is 0 Å². The van der Waals surface area contributed by atoms with Crippen molar-refractivity contribution in [2.24, 2.45) is 16.3 Å². The lowest BCUT2D eigenvalue weighted by atomic mass is 9.85. The maximum absolute atomic E-state index is 10.8. The van der Waals surface area contributed by atoms with Crippen LogP contribution in [-0.4, -0.2) is 30.9 Å². The molecule has 0 bridgehead atoms. The molecule has 1 fully saturated rings. The molecule has 7 heteroatoms. The summed E-state index contributed by atoms with van der Waals surface area (Å²) in [4.78, 5) is 13.5. The number of hydrogen-bond acceptors (Lipinski definition) is 4. The van der Waals surface area contributed by atoms with Crippen molar-refractivity contribution in [1.29, 1.82) is 0 Å². The Morgan fingerprint density at radius 1 is 1.62 bits per heavy atom. The number of azide groups is 1. The molecule has 1 rings (SSSR count). The van der Waals surface area contributed by atoms with Crippen LogP contribution >= 0.6 is 0 Å². The molecule has 0 aromatic carbocycles. The van der Waals surface area contributed by atoms with E-state index in [1.54, 1.807) is 0 Å². The molecule has 1 aliphatic heterocycles. The third-order valence-electron chi connectivity index (χ3n) is 2.43. The van der Waals surface area contributed by atoms with Gasteiger partial charge < -0.3 is 15.2 Å².